The molecule has 12 rings (SSSR count). The van der Waals surface area contributed by atoms with E-state index in [1.54, 1.807) is 23.5 Å². The van der Waals surface area contributed by atoms with Crippen molar-refractivity contribution in [3.63, 3.8) is 0 Å². The zero-order chi connectivity index (χ0) is 86.8. The Morgan fingerprint density at radius 2 is 0.835 bits per heavy atom. The SMILES string of the molecule is BrCc1ccc(Br)cc1I.CCOP(=O)(Cc1ccc(Br)cc1-c1cc(C)ccc1C)OCC.CCc1ccc(Br)cc1-c1cc(C)ccc1C.Cc1ccc(Br)cc1.Cc1ccc(Br)cc1I.Cc1ccc(C)c(-c2cc(Br)ccc2/C=C/c2ccc(Br)s2)c1.Cc1ccc(C)c(B(O)O)c1.O=Cc1ccc(Br)s1.[2H]CF.[B]=NS. The van der Waals surface area contributed by atoms with E-state index in [1.165, 1.54) is 107 Å². The first-order valence-electron chi connectivity index (χ1n) is 36.3. The number of hydrogen-bond donors (Lipinski definition) is 3. The predicted octanol–water partition coefficient (Wildman–Crippen LogP) is 32.7. The van der Waals surface area contributed by atoms with Crippen LogP contribution < -0.4 is 5.46 Å². The number of nitrogens with zero attached hydrogens (tertiary/aromatic N) is 1. The van der Waals surface area contributed by atoms with Crippen LogP contribution in [0.2, 0.25) is 0 Å². The number of hydrogen-bond acceptors (Lipinski definition) is 10. The Morgan fingerprint density at radius 1 is 0.470 bits per heavy atom. The van der Waals surface area contributed by atoms with Crippen LogP contribution in [-0.2, 0) is 31.5 Å². The van der Waals surface area contributed by atoms with Crippen molar-refractivity contribution in [2.24, 2.45) is 4.30 Å². The average Bonchev–Trinajstić information content (AvgIpc) is 1.03. The van der Waals surface area contributed by atoms with Crippen LogP contribution in [0.5, 0.6) is 0 Å². The van der Waals surface area contributed by atoms with Crippen molar-refractivity contribution in [2.75, 3.05) is 20.4 Å². The molecule has 12 aromatic rings. The van der Waals surface area contributed by atoms with Gasteiger partial charge in [0, 0.05) is 44.2 Å². The minimum atomic E-state index is -3.15. The van der Waals surface area contributed by atoms with Gasteiger partial charge < -0.3 is 19.1 Å². The monoisotopic (exact) mass is 2420 g/mol. The van der Waals surface area contributed by atoms with Crippen molar-refractivity contribution in [3.05, 3.63) is 342 Å². The summed E-state index contributed by atoms with van der Waals surface area (Å²) in [4.78, 5) is 12.0. The Labute approximate surface area is 801 Å². The Balaban J connectivity index is 0.000000351. The van der Waals surface area contributed by atoms with Gasteiger partial charge in [-0.2, -0.15) is 0 Å². The number of aldehydes is 1. The van der Waals surface area contributed by atoms with Gasteiger partial charge in [-0.1, -0.05) is 273 Å². The number of carbonyl (C=O) groups excluding carboxylic acids is 1. The molecule has 0 unspecified atom stereocenters. The van der Waals surface area contributed by atoms with Crippen LogP contribution >= 0.6 is 232 Å². The van der Waals surface area contributed by atoms with Crippen molar-refractivity contribution < 1.29 is 34.2 Å². The van der Waals surface area contributed by atoms with Crippen LogP contribution in [0, 0.1) is 76.4 Å². The summed E-state index contributed by atoms with van der Waals surface area (Å²) in [5.41, 5.74) is 25.2. The summed E-state index contributed by atoms with van der Waals surface area (Å²) < 4.78 is 53.5. The molecule has 25 heteroatoms. The summed E-state index contributed by atoms with van der Waals surface area (Å²) in [6.45, 7) is 27.4. The summed E-state index contributed by atoms with van der Waals surface area (Å²) in [6, 6.07) is 72.9. The van der Waals surface area contributed by atoms with Crippen molar-refractivity contribution in [2.45, 2.75) is 108 Å². The molecular weight excluding hydrogens is 2330 g/mol. The summed E-state index contributed by atoms with van der Waals surface area (Å²) >= 11 is 42.0. The topological polar surface area (TPSA) is 105 Å². The Morgan fingerprint density at radius 3 is 1.22 bits per heavy atom. The van der Waals surface area contributed by atoms with Crippen molar-refractivity contribution >= 4 is 270 Å². The molecule has 0 aliphatic heterocycles. The van der Waals surface area contributed by atoms with Gasteiger partial charge in [-0.3, -0.25) is 13.8 Å². The van der Waals surface area contributed by atoms with E-state index in [2.05, 4.69) is 445 Å². The van der Waals surface area contributed by atoms with Gasteiger partial charge in [-0.25, -0.2) is 0 Å². The second-order valence-corrected chi connectivity index (χ2v) is 41.0. The van der Waals surface area contributed by atoms with E-state index < -0.39 is 21.9 Å². The Kier molecular flexibility index (Phi) is 52.1. The molecule has 0 bridgehead atoms. The molecule has 7 nitrogen and oxygen atoms in total. The van der Waals surface area contributed by atoms with E-state index in [-0.39, 0.29) is 6.16 Å². The number of carbonyl (C=O) groups is 1. The number of rotatable bonds is 15. The summed E-state index contributed by atoms with van der Waals surface area (Å²) in [7, 11) is -1.16. The first-order valence-corrected chi connectivity index (χ1v) is 49.0. The van der Waals surface area contributed by atoms with Crippen LogP contribution in [0.4, 0.5) is 4.39 Å². The van der Waals surface area contributed by atoms with Crippen molar-refractivity contribution in [1.29, 1.82) is 0 Å². The third kappa shape index (κ3) is 39.9. The van der Waals surface area contributed by atoms with E-state index in [0.717, 1.165) is 85.1 Å². The normalized spacial score (nSPS) is 10.4. The summed E-state index contributed by atoms with van der Waals surface area (Å²) in [5.74, 6) is 0. The van der Waals surface area contributed by atoms with Gasteiger partial charge in [0.05, 0.1) is 40.3 Å². The molecule has 0 saturated heterocycles. The molecule has 0 saturated carbocycles. The van der Waals surface area contributed by atoms with Gasteiger partial charge in [0.15, 0.2) is 6.29 Å². The van der Waals surface area contributed by atoms with E-state index in [0.29, 0.717) is 18.7 Å². The van der Waals surface area contributed by atoms with Crippen LogP contribution in [0.25, 0.3) is 45.5 Å². The number of halogens is 12. The molecule has 0 spiro atoms. The molecule has 607 valence electrons. The Hall–Kier alpha value is -2.93. The minimum absolute atomic E-state index is 0.269. The molecule has 2 aromatic heterocycles. The van der Waals surface area contributed by atoms with Gasteiger partial charge >= 0.3 is 39.5 Å². The van der Waals surface area contributed by atoms with Gasteiger partial charge in [0.25, 0.3) is 0 Å². The standard InChI is InChI=1S/C20H16Br2S.C19H24BrO3P.C16H17Br.C8H11BO2.C7H5Br2I.C7H6BrI.C7H7Br.C5H3BrOS.CH3F.BHNS/c1-13-3-4-14(2)18(11-13)19-12-16(21)7-5-15(19)6-8-17-9-10-20(22)23-17;1-5-22-24(21,23-6-2)13-16-9-10-17(20)12-19(16)18-11-14(3)7-8-15(18)4;1-4-13-7-8-14(17)10-16(13)15-9-11(2)5-6-12(15)3;1-6-3-4-7(2)8(5-6)9(10)11;8-4-5-1-2-6(9)3-7(5)10;1-5-2-3-6(8)4-7(5)9;1-6-2-4-7(8)5-3-6;6-5-2-1-4(3-7)8-5;1-2;1-2-3/h3-12H,1-2H3;7-12H,5-6,13H2,1-4H3;5-10H,4H2,1-3H3;3-5,10-11H,1-2H3;1-3H,4H2;2-4H,1H3;2-5H,1H3;1-3H;1H3;3H/b8-6+;;;;;;;;;/i;;;;;;;;1D;. The number of thiophene rings is 2. The van der Waals surface area contributed by atoms with Gasteiger partial charge in [-0.15, -0.1) is 22.7 Å². The van der Waals surface area contributed by atoms with E-state index in [1.807, 2.05) is 70.2 Å². The molecule has 1 radical (unpaired) electrons. The Bertz CT molecular complexity index is 5110. The van der Waals surface area contributed by atoms with Crippen molar-refractivity contribution in [3.8, 4) is 33.4 Å². The second kappa shape index (κ2) is 57.4. The fourth-order valence-corrected chi connectivity index (χ4v) is 20.0. The molecule has 115 heavy (non-hydrogen) atoms. The zero-order valence-electron chi connectivity index (χ0n) is 67.1. The van der Waals surface area contributed by atoms with Crippen LogP contribution in [0.1, 0.15) is 115 Å². The fraction of sp³-hybridized carbons (Fsp3) is 0.211. The maximum atomic E-state index is 12.9. The fourth-order valence-electron chi connectivity index (χ4n) is 10.5. The van der Waals surface area contributed by atoms with E-state index >= 15 is 0 Å². The number of thiol groups is 1. The molecule has 0 atom stereocenters. The first kappa shape index (κ1) is 104. The van der Waals surface area contributed by atoms with E-state index in [4.69, 9.17) is 20.5 Å². The van der Waals surface area contributed by atoms with Crippen LogP contribution in [0.3, 0.4) is 0 Å². The van der Waals surface area contributed by atoms with Crippen molar-refractivity contribution in [1.82, 2.24) is 0 Å². The van der Waals surface area contributed by atoms with E-state index in [9.17, 15) is 13.8 Å². The molecule has 10 aromatic carbocycles. The number of benzene rings is 10. The van der Waals surface area contributed by atoms with Gasteiger partial charge in [-0.05, 0) is 353 Å². The van der Waals surface area contributed by atoms with Gasteiger partial charge in [0.1, 0.15) is 0 Å². The average molecular weight is 2430 g/mol. The molecule has 0 amide bonds. The summed E-state index contributed by atoms with van der Waals surface area (Å²) in [6.07, 6.45) is 6.55. The quantitative estimate of drug-likeness (QED) is 0.0236. The van der Waals surface area contributed by atoms with Crippen LogP contribution in [-0.4, -0.2) is 51.5 Å². The zero-order valence-corrected chi connectivity index (χ0v) is 88.1. The molecule has 0 fully saturated rings. The third-order valence-electron chi connectivity index (χ3n) is 16.4. The third-order valence-corrected chi connectivity index (χ3v) is 27.3. The number of alkyl halides is 2. The molecule has 0 aliphatic carbocycles. The maximum absolute atomic E-state index is 12.9. The molecular formula is C90H93B2Br9FI2NO6PS3. The second-order valence-electron chi connectivity index (χ2n) is 25.4. The summed E-state index contributed by atoms with van der Waals surface area (Å²) in [5, 5.41) is 18.7. The predicted molar refractivity (Wildman–Crippen MR) is 549 cm³/mol. The first-order chi connectivity index (χ1) is 55.0. The molecule has 2 heterocycles. The molecule has 0 aliphatic rings. The molecule has 2 N–H and O–H groups in total. The van der Waals surface area contributed by atoms with Gasteiger partial charge in [0.2, 0.25) is 0 Å². The number of aryl methyl sites for hydroxylation is 11. The van der Waals surface area contributed by atoms with Crippen LogP contribution in [0.15, 0.2) is 251 Å².